The van der Waals surface area contributed by atoms with E-state index in [2.05, 4.69) is 24.1 Å². The minimum absolute atomic E-state index is 0.255. The maximum Gasteiger partial charge on any atom is 0.123 e. The second-order valence-corrected chi connectivity index (χ2v) is 5.30. The van der Waals surface area contributed by atoms with Crippen molar-refractivity contribution in [1.82, 2.24) is 4.90 Å². The third-order valence-corrected chi connectivity index (χ3v) is 3.05. The van der Waals surface area contributed by atoms with Gasteiger partial charge in [0.2, 0.25) is 0 Å². The Kier molecular flexibility index (Phi) is 5.18. The van der Waals surface area contributed by atoms with Crippen LogP contribution in [-0.2, 0) is 6.54 Å². The Morgan fingerprint density at radius 2 is 2.00 bits per heavy atom. The summed E-state index contributed by atoms with van der Waals surface area (Å²) >= 11 is 0. The van der Waals surface area contributed by atoms with E-state index in [-0.39, 0.29) is 5.41 Å². The first-order chi connectivity index (χ1) is 8.48. The number of rotatable bonds is 6. The van der Waals surface area contributed by atoms with Crippen molar-refractivity contribution in [3.05, 3.63) is 29.8 Å². The van der Waals surface area contributed by atoms with Gasteiger partial charge in [-0.15, -0.1) is 0 Å². The Morgan fingerprint density at radius 3 is 2.61 bits per heavy atom. The number of nitrogens with zero attached hydrogens (tertiary/aromatic N) is 2. The topological polar surface area (TPSA) is 36.3 Å². The number of methoxy groups -OCH3 is 1. The van der Waals surface area contributed by atoms with Crippen molar-refractivity contribution in [2.75, 3.05) is 20.7 Å². The monoisotopic (exact) mass is 246 g/mol. The molecule has 3 heteroatoms. The molecule has 1 rings (SSSR count). The summed E-state index contributed by atoms with van der Waals surface area (Å²) in [4.78, 5) is 2.22. The van der Waals surface area contributed by atoms with Gasteiger partial charge in [-0.2, -0.15) is 5.26 Å². The Hall–Kier alpha value is -1.53. The minimum Gasteiger partial charge on any atom is -0.496 e. The van der Waals surface area contributed by atoms with Crippen LogP contribution < -0.4 is 4.74 Å². The highest BCUT2D eigenvalue weighted by Gasteiger charge is 2.17. The summed E-state index contributed by atoms with van der Waals surface area (Å²) in [5.41, 5.74) is 0.923. The van der Waals surface area contributed by atoms with Gasteiger partial charge in [-0.25, -0.2) is 0 Å². The zero-order chi connectivity index (χ0) is 13.6. The van der Waals surface area contributed by atoms with Crippen molar-refractivity contribution in [3.63, 3.8) is 0 Å². The van der Waals surface area contributed by atoms with Gasteiger partial charge < -0.3 is 9.64 Å². The van der Waals surface area contributed by atoms with Crippen LogP contribution in [0.1, 0.15) is 25.8 Å². The normalized spacial score (nSPS) is 11.3. The van der Waals surface area contributed by atoms with Gasteiger partial charge in [-0.05, 0) is 39.9 Å². The fourth-order valence-electron chi connectivity index (χ4n) is 1.73. The van der Waals surface area contributed by atoms with Crippen molar-refractivity contribution in [2.45, 2.75) is 26.8 Å². The molecule has 0 atom stereocenters. The summed E-state index contributed by atoms with van der Waals surface area (Å²) in [6, 6.07) is 10.4. The average Bonchev–Trinajstić information content (AvgIpc) is 2.37. The largest absolute Gasteiger partial charge is 0.496 e. The van der Waals surface area contributed by atoms with E-state index in [0.29, 0.717) is 0 Å². The lowest BCUT2D eigenvalue weighted by atomic mass is 9.91. The summed E-state index contributed by atoms with van der Waals surface area (Å²) in [5, 5.41) is 8.99. The van der Waals surface area contributed by atoms with Crippen LogP contribution in [0.4, 0.5) is 0 Å². The molecular weight excluding hydrogens is 224 g/mol. The predicted molar refractivity (Wildman–Crippen MR) is 73.3 cm³/mol. The standard InChI is InChI=1S/C15H22N2O/c1-15(2,12-16)9-10-17(3)11-13-7-5-6-8-14(13)18-4/h5-8H,9-11H2,1-4H3. The van der Waals surface area contributed by atoms with Crippen molar-refractivity contribution in [3.8, 4) is 11.8 Å². The zero-order valence-electron chi connectivity index (χ0n) is 11.7. The molecular formula is C15H22N2O. The van der Waals surface area contributed by atoms with E-state index in [9.17, 15) is 0 Å². The molecule has 0 aliphatic rings. The highest BCUT2D eigenvalue weighted by Crippen LogP contribution is 2.21. The van der Waals surface area contributed by atoms with Crippen LogP contribution in [0.3, 0.4) is 0 Å². The van der Waals surface area contributed by atoms with Crippen molar-refractivity contribution in [2.24, 2.45) is 5.41 Å². The quantitative estimate of drug-likeness (QED) is 0.774. The number of benzene rings is 1. The van der Waals surface area contributed by atoms with Gasteiger partial charge in [0.05, 0.1) is 18.6 Å². The van der Waals surface area contributed by atoms with Gasteiger partial charge >= 0.3 is 0 Å². The minimum atomic E-state index is -0.255. The van der Waals surface area contributed by atoms with Crippen molar-refractivity contribution in [1.29, 1.82) is 5.26 Å². The Bertz CT molecular complexity index is 421. The van der Waals surface area contributed by atoms with E-state index in [1.807, 2.05) is 32.0 Å². The highest BCUT2D eigenvalue weighted by atomic mass is 16.5. The van der Waals surface area contributed by atoms with E-state index >= 15 is 0 Å². The Morgan fingerprint density at radius 1 is 1.33 bits per heavy atom. The van der Waals surface area contributed by atoms with E-state index in [1.54, 1.807) is 7.11 Å². The predicted octanol–water partition coefficient (Wildman–Crippen LogP) is 3.07. The number of hydrogen-bond acceptors (Lipinski definition) is 3. The molecule has 98 valence electrons. The van der Waals surface area contributed by atoms with Crippen molar-refractivity contribution < 1.29 is 4.74 Å². The Labute approximate surface area is 110 Å². The summed E-state index contributed by atoms with van der Waals surface area (Å²) in [6.07, 6.45) is 0.870. The van der Waals surface area contributed by atoms with Crippen molar-refractivity contribution >= 4 is 0 Å². The fourth-order valence-corrected chi connectivity index (χ4v) is 1.73. The first kappa shape index (κ1) is 14.5. The fraction of sp³-hybridized carbons (Fsp3) is 0.533. The number of para-hydroxylation sites is 1. The molecule has 1 aromatic carbocycles. The highest BCUT2D eigenvalue weighted by molar-refractivity contribution is 5.32. The van der Waals surface area contributed by atoms with Crippen LogP contribution in [0.2, 0.25) is 0 Å². The van der Waals surface area contributed by atoms with E-state index in [1.165, 1.54) is 5.56 Å². The first-order valence-corrected chi connectivity index (χ1v) is 6.20. The molecule has 0 aliphatic carbocycles. The molecule has 0 saturated carbocycles. The molecule has 0 N–H and O–H groups in total. The van der Waals surface area contributed by atoms with Crippen LogP contribution >= 0.6 is 0 Å². The van der Waals surface area contributed by atoms with Gasteiger partial charge in [0, 0.05) is 12.1 Å². The Balaban J connectivity index is 2.55. The van der Waals surface area contributed by atoms with Gasteiger partial charge in [-0.1, -0.05) is 18.2 Å². The maximum atomic E-state index is 8.99. The number of ether oxygens (including phenoxy) is 1. The molecule has 0 aromatic heterocycles. The van der Waals surface area contributed by atoms with Gasteiger partial charge in [0.25, 0.3) is 0 Å². The second-order valence-electron chi connectivity index (χ2n) is 5.30. The molecule has 0 fully saturated rings. The molecule has 18 heavy (non-hydrogen) atoms. The van der Waals surface area contributed by atoms with Gasteiger partial charge in [0.15, 0.2) is 0 Å². The van der Waals surface area contributed by atoms with Crippen LogP contribution in [-0.4, -0.2) is 25.6 Å². The lowest BCUT2D eigenvalue weighted by molar-refractivity contribution is 0.276. The van der Waals surface area contributed by atoms with Gasteiger partial charge in [0.1, 0.15) is 5.75 Å². The molecule has 3 nitrogen and oxygen atoms in total. The third-order valence-electron chi connectivity index (χ3n) is 3.05. The van der Waals surface area contributed by atoms with Crippen LogP contribution in [0.15, 0.2) is 24.3 Å². The van der Waals surface area contributed by atoms with E-state index < -0.39 is 0 Å². The smallest absolute Gasteiger partial charge is 0.123 e. The van der Waals surface area contributed by atoms with Gasteiger partial charge in [-0.3, -0.25) is 0 Å². The molecule has 0 unspecified atom stereocenters. The third kappa shape index (κ3) is 4.38. The molecule has 0 radical (unpaired) electrons. The molecule has 1 aromatic rings. The van der Waals surface area contributed by atoms with Crippen LogP contribution in [0, 0.1) is 16.7 Å². The summed E-state index contributed by atoms with van der Waals surface area (Å²) in [7, 11) is 3.76. The molecule has 0 bridgehead atoms. The SMILES string of the molecule is COc1ccccc1CN(C)CCC(C)(C)C#N. The first-order valence-electron chi connectivity index (χ1n) is 6.20. The zero-order valence-corrected chi connectivity index (χ0v) is 11.7. The second kappa shape index (κ2) is 6.42. The summed E-state index contributed by atoms with van der Waals surface area (Å²) < 4.78 is 5.33. The molecule has 0 saturated heterocycles. The molecule has 0 spiro atoms. The summed E-state index contributed by atoms with van der Waals surface area (Å²) in [5.74, 6) is 0.920. The number of hydrogen-bond donors (Lipinski definition) is 0. The lowest BCUT2D eigenvalue weighted by Crippen LogP contribution is -2.24. The molecule has 0 heterocycles. The molecule has 0 amide bonds. The van der Waals surface area contributed by atoms with E-state index in [0.717, 1.165) is 25.3 Å². The van der Waals surface area contributed by atoms with Crippen LogP contribution in [0.25, 0.3) is 0 Å². The van der Waals surface area contributed by atoms with E-state index in [4.69, 9.17) is 10.00 Å². The lowest BCUT2D eigenvalue weighted by Gasteiger charge is -2.22. The summed E-state index contributed by atoms with van der Waals surface area (Å²) in [6.45, 7) is 5.69. The van der Waals surface area contributed by atoms with Crippen LogP contribution in [0.5, 0.6) is 5.75 Å². The molecule has 0 aliphatic heterocycles. The average molecular weight is 246 g/mol. The maximum absolute atomic E-state index is 8.99. The number of nitriles is 1.